The Bertz CT molecular complexity index is 1000. The molecule has 3 aromatic rings. The number of nitrogen functional groups attached to an aromatic ring is 1. The number of nitrogens with two attached hydrogens (primary N) is 2. The molecule has 0 unspecified atom stereocenters. The van der Waals surface area contributed by atoms with Gasteiger partial charge < -0.3 is 11.1 Å². The second kappa shape index (κ2) is 8.35. The van der Waals surface area contributed by atoms with Gasteiger partial charge in [-0.05, 0) is 34.4 Å². The number of anilines is 1. The largest absolute Gasteiger partial charge is 0.398 e. The lowest BCUT2D eigenvalue weighted by molar-refractivity contribution is 0.596. The number of primary sulfonamides is 1. The zero-order valence-corrected chi connectivity index (χ0v) is 15.7. The molecule has 0 heterocycles. The highest BCUT2D eigenvalue weighted by molar-refractivity contribution is 7.89. The molecule has 0 radical (unpaired) electrons. The molecule has 0 saturated heterocycles. The molecule has 0 amide bonds. The quantitative estimate of drug-likeness (QED) is 0.548. The number of sulfonamides is 1. The van der Waals surface area contributed by atoms with Crippen LogP contribution in [0.5, 0.6) is 0 Å². The summed E-state index contributed by atoms with van der Waals surface area (Å²) in [7, 11) is -3.88. The first-order valence-electron chi connectivity index (χ1n) is 8.66. The van der Waals surface area contributed by atoms with Gasteiger partial charge in [0, 0.05) is 25.2 Å². The molecule has 6 heteroatoms. The Morgan fingerprint density at radius 2 is 1.33 bits per heavy atom. The van der Waals surface area contributed by atoms with E-state index in [2.05, 4.69) is 5.32 Å². The van der Waals surface area contributed by atoms with Crippen LogP contribution in [0.25, 0.3) is 0 Å². The third-order valence-electron chi connectivity index (χ3n) is 4.33. The molecule has 0 bridgehead atoms. The van der Waals surface area contributed by atoms with Crippen molar-refractivity contribution < 1.29 is 8.42 Å². The molecular weight excluding hydrogens is 358 g/mol. The van der Waals surface area contributed by atoms with Gasteiger partial charge in [-0.15, -0.1) is 0 Å². The third-order valence-corrected chi connectivity index (χ3v) is 5.31. The van der Waals surface area contributed by atoms with E-state index in [0.717, 1.165) is 16.7 Å². The minimum atomic E-state index is -3.88. The Labute approximate surface area is 160 Å². The van der Waals surface area contributed by atoms with Gasteiger partial charge in [0.05, 0.1) is 4.90 Å². The molecule has 0 aliphatic carbocycles. The van der Waals surface area contributed by atoms with Crippen LogP contribution in [0.4, 0.5) is 5.69 Å². The highest BCUT2D eigenvalue weighted by atomic mass is 32.2. The van der Waals surface area contributed by atoms with Gasteiger partial charge in [0.15, 0.2) is 0 Å². The van der Waals surface area contributed by atoms with E-state index in [9.17, 15) is 8.42 Å². The molecule has 0 aliphatic heterocycles. The summed E-state index contributed by atoms with van der Waals surface area (Å²) >= 11 is 0. The minimum absolute atomic E-state index is 0.0860. The summed E-state index contributed by atoms with van der Waals surface area (Å²) in [5, 5.41) is 8.77. The third kappa shape index (κ3) is 5.17. The van der Waals surface area contributed by atoms with Gasteiger partial charge in [-0.3, -0.25) is 0 Å². The molecule has 0 atom stereocenters. The van der Waals surface area contributed by atoms with Crippen LogP contribution in [0, 0.1) is 0 Å². The number of benzene rings is 3. The molecule has 27 heavy (non-hydrogen) atoms. The summed E-state index contributed by atoms with van der Waals surface area (Å²) < 4.78 is 24.3. The highest BCUT2D eigenvalue weighted by Crippen LogP contribution is 2.26. The summed E-state index contributed by atoms with van der Waals surface area (Å²) in [6, 6.07) is 23.0. The maximum absolute atomic E-state index is 12.1. The molecule has 3 aromatic carbocycles. The number of rotatable bonds is 7. The van der Waals surface area contributed by atoms with Crippen molar-refractivity contribution in [3.05, 3.63) is 95.1 Å². The molecule has 0 fully saturated rings. The Morgan fingerprint density at radius 3 is 1.93 bits per heavy atom. The lowest BCUT2D eigenvalue weighted by atomic mass is 10.0. The van der Waals surface area contributed by atoms with Crippen molar-refractivity contribution in [3.63, 3.8) is 0 Å². The monoisotopic (exact) mass is 381 g/mol. The summed E-state index contributed by atoms with van der Waals surface area (Å²) in [6.07, 6.45) is 0.413. The van der Waals surface area contributed by atoms with Gasteiger partial charge in [0.1, 0.15) is 0 Å². The van der Waals surface area contributed by atoms with Crippen molar-refractivity contribution in [3.8, 4) is 0 Å². The van der Waals surface area contributed by atoms with Gasteiger partial charge in [-0.25, -0.2) is 13.6 Å². The minimum Gasteiger partial charge on any atom is -0.398 e. The van der Waals surface area contributed by atoms with Crippen molar-refractivity contribution in [2.24, 2.45) is 5.14 Å². The molecule has 5 nitrogen and oxygen atoms in total. The van der Waals surface area contributed by atoms with Crippen molar-refractivity contribution >= 4 is 15.7 Å². The first kappa shape index (κ1) is 19.1. The van der Waals surface area contributed by atoms with Crippen LogP contribution in [-0.2, 0) is 29.5 Å². The van der Waals surface area contributed by atoms with Crippen LogP contribution < -0.4 is 16.2 Å². The average molecular weight is 382 g/mol. The highest BCUT2D eigenvalue weighted by Gasteiger charge is 2.18. The van der Waals surface area contributed by atoms with E-state index < -0.39 is 10.0 Å². The normalized spacial score (nSPS) is 11.4. The molecule has 140 valence electrons. The van der Waals surface area contributed by atoms with E-state index in [1.807, 2.05) is 66.7 Å². The zero-order chi connectivity index (χ0) is 19.3. The standard InChI is InChI=1S/C21H23N3O2S/c22-20-12-18(15-24-14-17-9-5-2-6-10-17)13-21(27(23,25)26)19(20)11-16-7-3-1-4-8-16/h1-10,12-13,24H,11,14-15,22H2,(H2,23,25,26). The van der Waals surface area contributed by atoms with Crippen LogP contribution in [-0.4, -0.2) is 8.42 Å². The van der Waals surface area contributed by atoms with Crippen LogP contribution in [0.3, 0.4) is 0 Å². The number of nitrogens with one attached hydrogen (secondary N) is 1. The van der Waals surface area contributed by atoms with Gasteiger partial charge in [-0.2, -0.15) is 0 Å². The van der Waals surface area contributed by atoms with Crippen molar-refractivity contribution in [1.29, 1.82) is 0 Å². The van der Waals surface area contributed by atoms with Gasteiger partial charge in [0.25, 0.3) is 0 Å². The summed E-state index contributed by atoms with van der Waals surface area (Å²) in [6.45, 7) is 1.17. The predicted molar refractivity (Wildman–Crippen MR) is 108 cm³/mol. The second-order valence-electron chi connectivity index (χ2n) is 6.46. The zero-order valence-electron chi connectivity index (χ0n) is 14.9. The molecule has 0 saturated carbocycles. The molecule has 3 rings (SSSR count). The predicted octanol–water partition coefficient (Wildman–Crippen LogP) is 2.80. The smallest absolute Gasteiger partial charge is 0.238 e. The molecular formula is C21H23N3O2S. The van der Waals surface area contributed by atoms with Crippen LogP contribution >= 0.6 is 0 Å². The van der Waals surface area contributed by atoms with Gasteiger partial charge in [0.2, 0.25) is 10.0 Å². The van der Waals surface area contributed by atoms with E-state index in [1.165, 1.54) is 0 Å². The second-order valence-corrected chi connectivity index (χ2v) is 7.99. The number of hydrogen-bond donors (Lipinski definition) is 3. The van der Waals surface area contributed by atoms with Crippen LogP contribution in [0.15, 0.2) is 77.7 Å². The van der Waals surface area contributed by atoms with Gasteiger partial charge >= 0.3 is 0 Å². The van der Waals surface area contributed by atoms with Crippen molar-refractivity contribution in [2.45, 2.75) is 24.4 Å². The van der Waals surface area contributed by atoms with Crippen LogP contribution in [0.1, 0.15) is 22.3 Å². The van der Waals surface area contributed by atoms with E-state index in [1.54, 1.807) is 6.07 Å². The van der Waals surface area contributed by atoms with Crippen molar-refractivity contribution in [2.75, 3.05) is 5.73 Å². The van der Waals surface area contributed by atoms with Gasteiger partial charge in [-0.1, -0.05) is 60.7 Å². The topological polar surface area (TPSA) is 98.2 Å². The first-order valence-corrected chi connectivity index (χ1v) is 10.2. The lowest BCUT2D eigenvalue weighted by Crippen LogP contribution is -2.18. The van der Waals surface area contributed by atoms with E-state index in [4.69, 9.17) is 10.9 Å². The Morgan fingerprint density at radius 1 is 0.778 bits per heavy atom. The average Bonchev–Trinajstić information content (AvgIpc) is 2.64. The molecule has 0 aromatic heterocycles. The van der Waals surface area contributed by atoms with Crippen LogP contribution in [0.2, 0.25) is 0 Å². The number of hydrogen-bond acceptors (Lipinski definition) is 4. The van der Waals surface area contributed by atoms with E-state index in [0.29, 0.717) is 30.8 Å². The molecule has 5 N–H and O–H groups in total. The molecule has 0 aliphatic rings. The van der Waals surface area contributed by atoms with E-state index in [-0.39, 0.29) is 4.90 Å². The fraction of sp³-hybridized carbons (Fsp3) is 0.143. The lowest BCUT2D eigenvalue weighted by Gasteiger charge is -2.14. The Hall–Kier alpha value is -2.67. The maximum Gasteiger partial charge on any atom is 0.238 e. The maximum atomic E-state index is 12.1. The Kier molecular flexibility index (Phi) is 5.91. The fourth-order valence-corrected chi connectivity index (χ4v) is 3.87. The Balaban J connectivity index is 1.83. The molecule has 0 spiro atoms. The fourth-order valence-electron chi connectivity index (χ4n) is 3.02. The SMILES string of the molecule is Nc1cc(CNCc2ccccc2)cc(S(N)(=O)=O)c1Cc1ccccc1. The summed E-state index contributed by atoms with van der Waals surface area (Å²) in [5.74, 6) is 0. The van der Waals surface area contributed by atoms with E-state index >= 15 is 0 Å². The summed E-state index contributed by atoms with van der Waals surface area (Å²) in [5.41, 5.74) is 10.1. The first-order chi connectivity index (χ1) is 12.9. The summed E-state index contributed by atoms with van der Waals surface area (Å²) in [4.78, 5) is 0.0860. The van der Waals surface area contributed by atoms with Crippen molar-refractivity contribution in [1.82, 2.24) is 5.32 Å².